The third-order valence-corrected chi connectivity index (χ3v) is 4.28. The number of hydrogen-bond donors (Lipinski definition) is 1. The molecule has 2 nitrogen and oxygen atoms in total. The third kappa shape index (κ3) is 2.50. The highest BCUT2D eigenvalue weighted by Crippen LogP contribution is 2.24. The van der Waals surface area contributed by atoms with Crippen molar-refractivity contribution in [3.05, 3.63) is 29.8 Å². The summed E-state index contributed by atoms with van der Waals surface area (Å²) in [6, 6.07) is 8.84. The van der Waals surface area contributed by atoms with E-state index in [-0.39, 0.29) is 0 Å². The number of benzene rings is 1. The maximum Gasteiger partial charge on any atom is 0.103 e. The van der Waals surface area contributed by atoms with Crippen LogP contribution in [0.3, 0.4) is 0 Å². The fourth-order valence-electron chi connectivity index (χ4n) is 1.93. The zero-order valence-corrected chi connectivity index (χ0v) is 11.0. The SMILES string of the molecule is CC1CSCCN1c1ccc(C(N)=S)cc1. The van der Waals surface area contributed by atoms with Gasteiger partial charge in [0, 0.05) is 35.3 Å². The van der Waals surface area contributed by atoms with Crippen LogP contribution in [0, 0.1) is 0 Å². The van der Waals surface area contributed by atoms with Crippen molar-refractivity contribution in [1.82, 2.24) is 0 Å². The predicted octanol–water partition coefficient (Wildman–Crippen LogP) is 2.26. The Morgan fingerprint density at radius 2 is 2.12 bits per heavy atom. The maximum absolute atomic E-state index is 5.58. The van der Waals surface area contributed by atoms with Crippen LogP contribution >= 0.6 is 24.0 Å². The largest absolute Gasteiger partial charge is 0.389 e. The van der Waals surface area contributed by atoms with Gasteiger partial charge in [0.15, 0.2) is 0 Å². The Morgan fingerprint density at radius 3 is 2.69 bits per heavy atom. The van der Waals surface area contributed by atoms with Gasteiger partial charge < -0.3 is 10.6 Å². The fraction of sp³-hybridized carbons (Fsp3) is 0.417. The van der Waals surface area contributed by atoms with Crippen LogP contribution < -0.4 is 10.6 Å². The van der Waals surface area contributed by atoms with E-state index in [2.05, 4.69) is 24.0 Å². The van der Waals surface area contributed by atoms with E-state index in [0.29, 0.717) is 11.0 Å². The summed E-state index contributed by atoms with van der Waals surface area (Å²) < 4.78 is 0. The van der Waals surface area contributed by atoms with Gasteiger partial charge in [-0.1, -0.05) is 12.2 Å². The van der Waals surface area contributed by atoms with Crippen molar-refractivity contribution in [2.75, 3.05) is 23.0 Å². The van der Waals surface area contributed by atoms with E-state index in [9.17, 15) is 0 Å². The molecule has 1 unspecified atom stereocenters. The van der Waals surface area contributed by atoms with Crippen molar-refractivity contribution < 1.29 is 0 Å². The first-order chi connectivity index (χ1) is 7.68. The summed E-state index contributed by atoms with van der Waals surface area (Å²) in [5.74, 6) is 2.42. The number of nitrogens with two attached hydrogens (primary N) is 1. The van der Waals surface area contributed by atoms with Crippen molar-refractivity contribution in [3.63, 3.8) is 0 Å². The van der Waals surface area contributed by atoms with E-state index in [1.165, 1.54) is 17.2 Å². The molecule has 1 heterocycles. The van der Waals surface area contributed by atoms with E-state index in [1.807, 2.05) is 23.9 Å². The Kier molecular flexibility index (Phi) is 3.71. The summed E-state index contributed by atoms with van der Waals surface area (Å²) in [5.41, 5.74) is 7.80. The number of nitrogens with zero attached hydrogens (tertiary/aromatic N) is 1. The average Bonchev–Trinajstić information content (AvgIpc) is 2.30. The lowest BCUT2D eigenvalue weighted by Crippen LogP contribution is -2.40. The summed E-state index contributed by atoms with van der Waals surface area (Å²) >= 11 is 6.97. The number of anilines is 1. The van der Waals surface area contributed by atoms with Gasteiger partial charge in [0.25, 0.3) is 0 Å². The summed E-state index contributed by atoms with van der Waals surface area (Å²) in [6.45, 7) is 3.39. The first kappa shape index (κ1) is 11.7. The highest BCUT2D eigenvalue weighted by Gasteiger charge is 2.18. The van der Waals surface area contributed by atoms with Crippen LogP contribution in [0.25, 0.3) is 0 Å². The van der Waals surface area contributed by atoms with Crippen LogP contribution in [-0.2, 0) is 0 Å². The van der Waals surface area contributed by atoms with Gasteiger partial charge in [-0.15, -0.1) is 0 Å². The zero-order chi connectivity index (χ0) is 11.5. The lowest BCUT2D eigenvalue weighted by molar-refractivity contribution is 0.700. The van der Waals surface area contributed by atoms with Gasteiger partial charge in [0.05, 0.1) is 0 Å². The fourth-order valence-corrected chi connectivity index (χ4v) is 3.08. The molecule has 16 heavy (non-hydrogen) atoms. The molecule has 0 aromatic heterocycles. The van der Waals surface area contributed by atoms with Crippen LogP contribution in [0.2, 0.25) is 0 Å². The van der Waals surface area contributed by atoms with Crippen LogP contribution in [0.4, 0.5) is 5.69 Å². The average molecular weight is 252 g/mol. The molecule has 1 fully saturated rings. The molecule has 2 N–H and O–H groups in total. The Bertz CT molecular complexity index is 375. The summed E-state index contributed by atoms with van der Waals surface area (Å²) in [5, 5.41) is 0. The second-order valence-corrected chi connectivity index (χ2v) is 5.62. The Morgan fingerprint density at radius 1 is 1.44 bits per heavy atom. The molecule has 0 aliphatic carbocycles. The van der Waals surface area contributed by atoms with E-state index < -0.39 is 0 Å². The normalized spacial score (nSPS) is 20.8. The maximum atomic E-state index is 5.58. The van der Waals surface area contributed by atoms with Crippen LogP contribution in [0.1, 0.15) is 12.5 Å². The first-order valence-corrected chi connectivity index (χ1v) is 6.99. The lowest BCUT2D eigenvalue weighted by Gasteiger charge is -2.35. The minimum absolute atomic E-state index is 0.466. The van der Waals surface area contributed by atoms with Gasteiger partial charge in [0.1, 0.15) is 4.99 Å². The monoisotopic (exact) mass is 252 g/mol. The molecular weight excluding hydrogens is 236 g/mol. The molecule has 1 atom stereocenters. The molecule has 1 aliphatic heterocycles. The van der Waals surface area contributed by atoms with Crippen molar-refractivity contribution in [2.45, 2.75) is 13.0 Å². The standard InChI is InChI=1S/C12H16N2S2/c1-9-8-16-7-6-14(9)11-4-2-10(3-5-11)12(13)15/h2-5,9H,6-8H2,1H3,(H2,13,15). The highest BCUT2D eigenvalue weighted by molar-refractivity contribution is 7.99. The molecule has 1 aromatic rings. The predicted molar refractivity (Wildman–Crippen MR) is 76.5 cm³/mol. The molecule has 0 bridgehead atoms. The van der Waals surface area contributed by atoms with Crippen molar-refractivity contribution in [2.24, 2.45) is 5.73 Å². The van der Waals surface area contributed by atoms with E-state index in [0.717, 1.165) is 12.1 Å². The lowest BCUT2D eigenvalue weighted by atomic mass is 10.1. The van der Waals surface area contributed by atoms with Crippen LogP contribution in [-0.4, -0.2) is 29.1 Å². The molecule has 1 aliphatic rings. The van der Waals surface area contributed by atoms with E-state index in [1.54, 1.807) is 0 Å². The molecule has 1 saturated heterocycles. The van der Waals surface area contributed by atoms with Crippen molar-refractivity contribution in [3.8, 4) is 0 Å². The minimum Gasteiger partial charge on any atom is -0.389 e. The van der Waals surface area contributed by atoms with Gasteiger partial charge in [0.2, 0.25) is 0 Å². The summed E-state index contributed by atoms with van der Waals surface area (Å²) in [4.78, 5) is 2.91. The van der Waals surface area contributed by atoms with Crippen molar-refractivity contribution >= 4 is 34.7 Å². The molecule has 0 saturated carbocycles. The zero-order valence-electron chi connectivity index (χ0n) is 9.35. The Balaban J connectivity index is 2.17. The number of hydrogen-bond acceptors (Lipinski definition) is 3. The first-order valence-electron chi connectivity index (χ1n) is 5.43. The highest BCUT2D eigenvalue weighted by atomic mass is 32.2. The Labute approximate surface area is 106 Å². The van der Waals surface area contributed by atoms with Gasteiger partial charge in [-0.2, -0.15) is 11.8 Å². The molecular formula is C12H16N2S2. The number of thiocarbonyl (C=S) groups is 1. The van der Waals surface area contributed by atoms with E-state index >= 15 is 0 Å². The smallest absolute Gasteiger partial charge is 0.103 e. The molecule has 0 radical (unpaired) electrons. The number of thioether (sulfide) groups is 1. The summed E-state index contributed by atoms with van der Waals surface area (Å²) in [6.07, 6.45) is 0. The minimum atomic E-state index is 0.466. The molecule has 2 rings (SSSR count). The molecule has 86 valence electrons. The van der Waals surface area contributed by atoms with Gasteiger partial charge in [-0.25, -0.2) is 0 Å². The topological polar surface area (TPSA) is 29.3 Å². The Hall–Kier alpha value is -0.740. The number of rotatable bonds is 2. The quantitative estimate of drug-likeness (QED) is 0.818. The summed E-state index contributed by atoms with van der Waals surface area (Å²) in [7, 11) is 0. The second kappa shape index (κ2) is 5.06. The van der Waals surface area contributed by atoms with Crippen LogP contribution in [0.5, 0.6) is 0 Å². The van der Waals surface area contributed by atoms with Gasteiger partial charge in [-0.3, -0.25) is 0 Å². The van der Waals surface area contributed by atoms with Crippen molar-refractivity contribution in [1.29, 1.82) is 0 Å². The molecule has 0 spiro atoms. The van der Waals surface area contributed by atoms with Gasteiger partial charge in [-0.05, 0) is 31.2 Å². The second-order valence-electron chi connectivity index (χ2n) is 4.03. The van der Waals surface area contributed by atoms with Crippen LogP contribution in [0.15, 0.2) is 24.3 Å². The molecule has 4 heteroatoms. The van der Waals surface area contributed by atoms with E-state index in [4.69, 9.17) is 18.0 Å². The molecule has 0 amide bonds. The van der Waals surface area contributed by atoms with Gasteiger partial charge >= 0.3 is 0 Å². The third-order valence-electron chi connectivity index (χ3n) is 2.85. The molecule has 1 aromatic carbocycles.